The second-order valence-corrected chi connectivity index (χ2v) is 5.63. The normalized spacial score (nSPS) is 25.3. The van der Waals surface area contributed by atoms with Gasteiger partial charge in [-0.15, -0.1) is 0 Å². The highest BCUT2D eigenvalue weighted by atomic mass is 16.3. The maximum atomic E-state index is 9.93. The average Bonchev–Trinajstić information content (AvgIpc) is 2.45. The molecule has 1 saturated heterocycles. The number of hydrogen-bond acceptors (Lipinski definition) is 3. The second-order valence-electron chi connectivity index (χ2n) is 5.63. The standard InChI is InChI=1S/C16H26N2O/c1-3-9-17-15-10-14(13(2)19)11-18(12-15)16-7-5-4-6-8-16/h4-8,13-15,17,19H,3,9-12H2,1-2H3. The monoisotopic (exact) mass is 262 g/mol. The van der Waals surface area contributed by atoms with Gasteiger partial charge in [-0.2, -0.15) is 0 Å². The molecule has 0 radical (unpaired) electrons. The molecule has 0 amide bonds. The molecule has 0 aromatic heterocycles. The van der Waals surface area contributed by atoms with Gasteiger partial charge in [0, 0.05) is 30.7 Å². The van der Waals surface area contributed by atoms with Crippen LogP contribution < -0.4 is 10.2 Å². The topological polar surface area (TPSA) is 35.5 Å². The molecule has 0 saturated carbocycles. The molecule has 1 fully saturated rings. The largest absolute Gasteiger partial charge is 0.393 e. The van der Waals surface area contributed by atoms with E-state index in [1.165, 1.54) is 5.69 Å². The third kappa shape index (κ3) is 3.95. The molecule has 1 aromatic rings. The molecule has 1 aliphatic rings. The Balaban J connectivity index is 2.06. The Morgan fingerprint density at radius 1 is 1.32 bits per heavy atom. The van der Waals surface area contributed by atoms with E-state index in [2.05, 4.69) is 41.4 Å². The van der Waals surface area contributed by atoms with Crippen LogP contribution in [0.2, 0.25) is 0 Å². The highest BCUT2D eigenvalue weighted by Gasteiger charge is 2.29. The van der Waals surface area contributed by atoms with Crippen molar-refractivity contribution in [1.29, 1.82) is 0 Å². The van der Waals surface area contributed by atoms with Gasteiger partial charge in [-0.25, -0.2) is 0 Å². The average molecular weight is 262 g/mol. The van der Waals surface area contributed by atoms with Crippen LogP contribution in [-0.2, 0) is 0 Å². The maximum Gasteiger partial charge on any atom is 0.0557 e. The molecule has 0 aliphatic carbocycles. The fourth-order valence-electron chi connectivity index (χ4n) is 2.83. The summed E-state index contributed by atoms with van der Waals surface area (Å²) in [5.41, 5.74) is 1.26. The van der Waals surface area contributed by atoms with Crippen molar-refractivity contribution in [2.24, 2.45) is 5.92 Å². The first kappa shape index (κ1) is 14.4. The number of hydrogen-bond donors (Lipinski definition) is 2. The van der Waals surface area contributed by atoms with E-state index in [1.807, 2.05) is 13.0 Å². The second kappa shape index (κ2) is 6.92. The van der Waals surface area contributed by atoms with Crippen molar-refractivity contribution in [2.45, 2.75) is 38.8 Å². The van der Waals surface area contributed by atoms with Gasteiger partial charge >= 0.3 is 0 Å². The lowest BCUT2D eigenvalue weighted by Crippen LogP contribution is -2.51. The van der Waals surface area contributed by atoms with Gasteiger partial charge in [0.15, 0.2) is 0 Å². The van der Waals surface area contributed by atoms with Crippen LogP contribution >= 0.6 is 0 Å². The Bertz CT molecular complexity index is 366. The predicted octanol–water partition coefficient (Wildman–Crippen LogP) is 2.26. The molecule has 3 atom stereocenters. The van der Waals surface area contributed by atoms with Crippen molar-refractivity contribution in [3.63, 3.8) is 0 Å². The first-order valence-corrected chi connectivity index (χ1v) is 7.42. The summed E-state index contributed by atoms with van der Waals surface area (Å²) in [7, 11) is 0. The molecule has 1 aliphatic heterocycles. The Kier molecular flexibility index (Phi) is 5.23. The smallest absolute Gasteiger partial charge is 0.0557 e. The molecule has 3 nitrogen and oxygen atoms in total. The van der Waals surface area contributed by atoms with Crippen LogP contribution in [0, 0.1) is 5.92 Å². The summed E-state index contributed by atoms with van der Waals surface area (Å²) >= 11 is 0. The third-order valence-electron chi connectivity index (χ3n) is 3.97. The molecule has 1 aromatic carbocycles. The molecule has 0 spiro atoms. The number of aliphatic hydroxyl groups is 1. The minimum Gasteiger partial charge on any atom is -0.393 e. The number of piperidine rings is 1. The lowest BCUT2D eigenvalue weighted by Gasteiger charge is -2.40. The fraction of sp³-hybridized carbons (Fsp3) is 0.625. The molecule has 106 valence electrons. The summed E-state index contributed by atoms with van der Waals surface area (Å²) in [5, 5.41) is 13.5. The first-order valence-electron chi connectivity index (χ1n) is 7.42. The van der Waals surface area contributed by atoms with E-state index in [0.717, 1.165) is 32.5 Å². The molecule has 19 heavy (non-hydrogen) atoms. The zero-order chi connectivity index (χ0) is 13.7. The SMILES string of the molecule is CCCNC1CC(C(C)O)CN(c2ccccc2)C1. The predicted molar refractivity (Wildman–Crippen MR) is 80.5 cm³/mol. The van der Waals surface area contributed by atoms with E-state index in [1.54, 1.807) is 0 Å². The van der Waals surface area contributed by atoms with Crippen molar-refractivity contribution >= 4 is 5.69 Å². The highest BCUT2D eigenvalue weighted by Crippen LogP contribution is 2.25. The molecule has 2 N–H and O–H groups in total. The lowest BCUT2D eigenvalue weighted by molar-refractivity contribution is 0.106. The van der Waals surface area contributed by atoms with Crippen molar-refractivity contribution < 1.29 is 5.11 Å². The summed E-state index contributed by atoms with van der Waals surface area (Å²) in [6.45, 7) is 7.14. The minimum absolute atomic E-state index is 0.238. The third-order valence-corrected chi connectivity index (χ3v) is 3.97. The summed E-state index contributed by atoms with van der Waals surface area (Å²) < 4.78 is 0. The number of nitrogens with one attached hydrogen (secondary N) is 1. The van der Waals surface area contributed by atoms with Crippen LogP contribution in [0.3, 0.4) is 0 Å². The van der Waals surface area contributed by atoms with E-state index in [-0.39, 0.29) is 6.10 Å². The van der Waals surface area contributed by atoms with Crippen LogP contribution in [0.1, 0.15) is 26.7 Å². The highest BCUT2D eigenvalue weighted by molar-refractivity contribution is 5.46. The van der Waals surface area contributed by atoms with Crippen molar-refractivity contribution in [1.82, 2.24) is 5.32 Å². The number of rotatable bonds is 5. The van der Waals surface area contributed by atoms with Crippen LogP contribution in [0.5, 0.6) is 0 Å². The number of benzene rings is 1. The number of nitrogens with zero attached hydrogens (tertiary/aromatic N) is 1. The zero-order valence-corrected chi connectivity index (χ0v) is 12.0. The number of para-hydroxylation sites is 1. The van der Waals surface area contributed by atoms with Crippen LogP contribution in [0.4, 0.5) is 5.69 Å². The number of aliphatic hydroxyl groups excluding tert-OH is 1. The lowest BCUT2D eigenvalue weighted by atomic mass is 9.90. The van der Waals surface area contributed by atoms with Crippen molar-refractivity contribution in [3.8, 4) is 0 Å². The Hall–Kier alpha value is -1.06. The summed E-state index contributed by atoms with van der Waals surface area (Å²) in [5.74, 6) is 0.350. The van der Waals surface area contributed by atoms with Gasteiger partial charge in [-0.1, -0.05) is 25.1 Å². The molecule has 3 unspecified atom stereocenters. The molecule has 2 rings (SSSR count). The quantitative estimate of drug-likeness (QED) is 0.854. The van der Waals surface area contributed by atoms with Crippen LogP contribution in [0.25, 0.3) is 0 Å². The summed E-state index contributed by atoms with van der Waals surface area (Å²) in [6, 6.07) is 11.0. The summed E-state index contributed by atoms with van der Waals surface area (Å²) in [4.78, 5) is 2.40. The Morgan fingerprint density at radius 2 is 2.05 bits per heavy atom. The fourth-order valence-corrected chi connectivity index (χ4v) is 2.83. The minimum atomic E-state index is -0.238. The maximum absolute atomic E-state index is 9.93. The van der Waals surface area contributed by atoms with Gasteiger partial charge in [-0.3, -0.25) is 0 Å². The molecular formula is C16H26N2O. The van der Waals surface area contributed by atoms with Crippen LogP contribution in [0.15, 0.2) is 30.3 Å². The van der Waals surface area contributed by atoms with Gasteiger partial charge in [0.1, 0.15) is 0 Å². The molecular weight excluding hydrogens is 236 g/mol. The van der Waals surface area contributed by atoms with Gasteiger partial charge in [0.25, 0.3) is 0 Å². The van der Waals surface area contributed by atoms with Gasteiger partial charge in [-0.05, 0) is 38.4 Å². The molecule has 0 bridgehead atoms. The van der Waals surface area contributed by atoms with Crippen LogP contribution in [-0.4, -0.2) is 36.9 Å². The van der Waals surface area contributed by atoms with E-state index in [4.69, 9.17) is 0 Å². The summed E-state index contributed by atoms with van der Waals surface area (Å²) in [6.07, 6.45) is 1.99. The number of anilines is 1. The first-order chi connectivity index (χ1) is 9.20. The Morgan fingerprint density at radius 3 is 2.68 bits per heavy atom. The Labute approximate surface area is 116 Å². The van der Waals surface area contributed by atoms with E-state index >= 15 is 0 Å². The van der Waals surface area contributed by atoms with Gasteiger partial charge in [0.2, 0.25) is 0 Å². The van der Waals surface area contributed by atoms with Gasteiger partial charge < -0.3 is 15.3 Å². The van der Waals surface area contributed by atoms with E-state index in [0.29, 0.717) is 12.0 Å². The van der Waals surface area contributed by atoms with Crippen molar-refractivity contribution in [3.05, 3.63) is 30.3 Å². The van der Waals surface area contributed by atoms with Gasteiger partial charge in [0.05, 0.1) is 6.10 Å². The molecule has 3 heteroatoms. The van der Waals surface area contributed by atoms with E-state index < -0.39 is 0 Å². The zero-order valence-electron chi connectivity index (χ0n) is 12.0. The van der Waals surface area contributed by atoms with E-state index in [9.17, 15) is 5.11 Å². The molecule has 1 heterocycles. The van der Waals surface area contributed by atoms with Crippen molar-refractivity contribution in [2.75, 3.05) is 24.5 Å².